The van der Waals surface area contributed by atoms with E-state index in [9.17, 15) is 4.21 Å². The van der Waals surface area contributed by atoms with Gasteiger partial charge in [-0.1, -0.05) is 38.8 Å². The Bertz CT molecular complexity index is 795. The van der Waals surface area contributed by atoms with Crippen LogP contribution in [0.25, 0.3) is 0 Å². The molecule has 0 saturated heterocycles. The maximum atomic E-state index is 11.9. The van der Waals surface area contributed by atoms with Crippen LogP contribution in [0.1, 0.15) is 50.7 Å². The molecule has 0 aliphatic carbocycles. The van der Waals surface area contributed by atoms with Crippen molar-refractivity contribution in [2.45, 2.75) is 52.5 Å². The van der Waals surface area contributed by atoms with E-state index in [4.69, 9.17) is 8.92 Å². The second-order valence-corrected chi connectivity index (χ2v) is 8.32. The van der Waals surface area contributed by atoms with Gasteiger partial charge in [0.05, 0.1) is 6.61 Å². The van der Waals surface area contributed by atoms with Crippen LogP contribution in [-0.2, 0) is 28.4 Å². The largest absolute Gasteiger partial charge is 0.457 e. The normalized spacial score (nSPS) is 15.0. The maximum absolute atomic E-state index is 11.9. The zero-order valence-corrected chi connectivity index (χ0v) is 18.3. The summed E-state index contributed by atoms with van der Waals surface area (Å²) in [6.07, 6.45) is 5.32. The van der Waals surface area contributed by atoms with Gasteiger partial charge in [-0.25, -0.2) is 4.21 Å². The second-order valence-electron chi connectivity index (χ2n) is 7.41. The molecule has 1 heterocycles. The molecule has 0 amide bonds. The molecule has 1 atom stereocenters. The van der Waals surface area contributed by atoms with Gasteiger partial charge >= 0.3 is 0 Å². The highest BCUT2D eigenvalue weighted by atomic mass is 32.2. The van der Waals surface area contributed by atoms with Crippen LogP contribution < -0.4 is 9.46 Å². The summed E-state index contributed by atoms with van der Waals surface area (Å²) in [4.78, 5) is 2.50. The van der Waals surface area contributed by atoms with Crippen LogP contribution in [0, 0.1) is 0 Å². The maximum Gasteiger partial charge on any atom is 0.261 e. The highest BCUT2D eigenvalue weighted by Gasteiger charge is 2.19. The average Bonchev–Trinajstić information content (AvgIpc) is 2.73. The van der Waals surface area contributed by atoms with Gasteiger partial charge in [0.15, 0.2) is 0 Å². The molecule has 0 fully saturated rings. The first-order valence-corrected chi connectivity index (χ1v) is 11.7. The molecule has 29 heavy (non-hydrogen) atoms. The van der Waals surface area contributed by atoms with Crippen LogP contribution >= 0.6 is 0 Å². The Morgan fingerprint density at radius 1 is 1.07 bits per heavy atom. The number of hydrogen-bond donors (Lipinski definition) is 1. The number of rotatable bonds is 11. The van der Waals surface area contributed by atoms with Gasteiger partial charge in [0.25, 0.3) is 11.3 Å². The first-order chi connectivity index (χ1) is 14.2. The van der Waals surface area contributed by atoms with E-state index in [1.165, 1.54) is 17.5 Å². The molecule has 0 spiro atoms. The van der Waals surface area contributed by atoms with E-state index in [0.29, 0.717) is 6.61 Å². The first kappa shape index (κ1) is 21.8. The molecule has 5 nitrogen and oxygen atoms in total. The Hall–Kier alpha value is -1.89. The zero-order chi connectivity index (χ0) is 20.5. The van der Waals surface area contributed by atoms with Gasteiger partial charge in [0.1, 0.15) is 11.5 Å². The first-order valence-electron chi connectivity index (χ1n) is 10.6. The molecule has 2 aromatic rings. The van der Waals surface area contributed by atoms with E-state index < -0.39 is 11.3 Å². The molecule has 0 radical (unpaired) electrons. The van der Waals surface area contributed by atoms with E-state index in [2.05, 4.69) is 35.6 Å². The van der Waals surface area contributed by atoms with Crippen molar-refractivity contribution in [2.75, 3.05) is 24.4 Å². The van der Waals surface area contributed by atoms with E-state index in [-0.39, 0.29) is 0 Å². The third kappa shape index (κ3) is 6.56. The van der Waals surface area contributed by atoms with Gasteiger partial charge in [0, 0.05) is 24.3 Å². The lowest BCUT2D eigenvalue weighted by atomic mass is 9.98. The van der Waals surface area contributed by atoms with Crippen LogP contribution in [0.4, 0.5) is 5.69 Å². The van der Waals surface area contributed by atoms with E-state index in [0.717, 1.165) is 62.5 Å². The summed E-state index contributed by atoms with van der Waals surface area (Å²) in [5.41, 5.74) is 3.41. The molecule has 158 valence electrons. The number of unbranched alkanes of at least 4 members (excludes halogenated alkanes) is 2. The van der Waals surface area contributed by atoms with Crippen molar-refractivity contribution >= 4 is 17.0 Å². The molecule has 1 N–H and O–H groups in total. The molecule has 1 aliphatic heterocycles. The SMILES string of the molecule is CCCCCOS(=O)Nc1ccc(Oc2cccc3c2CCN(CCC)C3)cc1. The van der Waals surface area contributed by atoms with Gasteiger partial charge < -0.3 is 4.74 Å². The fourth-order valence-corrected chi connectivity index (χ4v) is 4.22. The van der Waals surface area contributed by atoms with Crippen LogP contribution in [0.15, 0.2) is 42.5 Å². The molecule has 0 bridgehead atoms. The van der Waals surface area contributed by atoms with E-state index in [1.54, 1.807) is 0 Å². The van der Waals surface area contributed by atoms with Crippen molar-refractivity contribution in [3.05, 3.63) is 53.6 Å². The smallest absolute Gasteiger partial charge is 0.261 e. The average molecular weight is 417 g/mol. The Labute approximate surface area is 177 Å². The standard InChI is InChI=1S/C23H32N2O3S/c1-3-5-6-17-27-29(26)24-20-10-12-21(13-11-20)28-23-9-7-8-19-18-25(15-4-2)16-14-22(19)23/h7-13,24H,3-6,14-18H2,1-2H3. The molecular formula is C23H32N2O3S. The van der Waals surface area contributed by atoms with Crippen molar-refractivity contribution in [1.82, 2.24) is 4.90 Å². The molecule has 1 aliphatic rings. The van der Waals surface area contributed by atoms with Gasteiger partial charge in [0.2, 0.25) is 0 Å². The van der Waals surface area contributed by atoms with Gasteiger partial charge in [-0.3, -0.25) is 13.8 Å². The molecule has 6 heteroatoms. The minimum atomic E-state index is -1.52. The zero-order valence-electron chi connectivity index (χ0n) is 17.5. The number of anilines is 1. The fraction of sp³-hybridized carbons (Fsp3) is 0.478. The summed E-state index contributed by atoms with van der Waals surface area (Å²) in [5, 5.41) is 0. The predicted octanol–water partition coefficient (Wildman–Crippen LogP) is 5.44. The van der Waals surface area contributed by atoms with Crippen molar-refractivity contribution in [3.8, 4) is 11.5 Å². The van der Waals surface area contributed by atoms with Gasteiger partial charge in [-0.15, -0.1) is 0 Å². The lowest BCUT2D eigenvalue weighted by Gasteiger charge is -2.29. The van der Waals surface area contributed by atoms with Crippen LogP contribution in [0.2, 0.25) is 0 Å². The van der Waals surface area contributed by atoms with Gasteiger partial charge in [-0.05, 0) is 61.7 Å². The molecular weight excluding hydrogens is 384 g/mol. The number of hydrogen-bond acceptors (Lipinski definition) is 4. The van der Waals surface area contributed by atoms with Crippen molar-refractivity contribution in [2.24, 2.45) is 0 Å². The summed E-state index contributed by atoms with van der Waals surface area (Å²) in [6, 6.07) is 13.8. The predicted molar refractivity (Wildman–Crippen MR) is 119 cm³/mol. The quantitative estimate of drug-likeness (QED) is 0.495. The lowest BCUT2D eigenvalue weighted by Crippen LogP contribution is -2.31. The molecule has 2 aromatic carbocycles. The molecule has 3 rings (SSSR count). The summed E-state index contributed by atoms with van der Waals surface area (Å²) >= 11 is -1.52. The summed E-state index contributed by atoms with van der Waals surface area (Å²) in [5.74, 6) is 1.71. The van der Waals surface area contributed by atoms with Crippen molar-refractivity contribution in [3.63, 3.8) is 0 Å². The summed E-state index contributed by atoms with van der Waals surface area (Å²) in [6.45, 7) is 8.07. The highest BCUT2D eigenvalue weighted by molar-refractivity contribution is 7.81. The van der Waals surface area contributed by atoms with Crippen LogP contribution in [0.3, 0.4) is 0 Å². The number of benzene rings is 2. The fourth-order valence-electron chi connectivity index (χ4n) is 3.57. The Kier molecular flexibility index (Phi) is 8.52. The highest BCUT2D eigenvalue weighted by Crippen LogP contribution is 2.32. The lowest BCUT2D eigenvalue weighted by molar-refractivity contribution is 0.252. The minimum absolute atomic E-state index is 0.503. The number of nitrogens with one attached hydrogen (secondary N) is 1. The molecule has 0 aromatic heterocycles. The van der Waals surface area contributed by atoms with E-state index in [1.807, 2.05) is 30.3 Å². The second kappa shape index (κ2) is 11.3. The number of nitrogens with zero attached hydrogens (tertiary/aromatic N) is 1. The Morgan fingerprint density at radius 2 is 1.90 bits per heavy atom. The van der Waals surface area contributed by atoms with Crippen LogP contribution in [0.5, 0.6) is 11.5 Å². The van der Waals surface area contributed by atoms with Crippen molar-refractivity contribution in [1.29, 1.82) is 0 Å². The Morgan fingerprint density at radius 3 is 2.66 bits per heavy atom. The molecule has 0 saturated carbocycles. The Balaban J connectivity index is 1.57. The topological polar surface area (TPSA) is 50.8 Å². The summed E-state index contributed by atoms with van der Waals surface area (Å²) in [7, 11) is 0. The third-order valence-corrected chi connectivity index (χ3v) is 5.85. The summed E-state index contributed by atoms with van der Waals surface area (Å²) < 4.78 is 26.3. The van der Waals surface area contributed by atoms with Crippen LogP contribution in [-0.4, -0.2) is 28.8 Å². The third-order valence-electron chi connectivity index (χ3n) is 5.06. The van der Waals surface area contributed by atoms with Crippen molar-refractivity contribution < 1.29 is 13.1 Å². The monoisotopic (exact) mass is 416 g/mol. The number of ether oxygens (including phenoxy) is 1. The van der Waals surface area contributed by atoms with E-state index >= 15 is 0 Å². The van der Waals surface area contributed by atoms with Gasteiger partial charge in [-0.2, -0.15) is 0 Å². The number of fused-ring (bicyclic) bond motifs is 1. The minimum Gasteiger partial charge on any atom is -0.457 e. The molecule has 1 unspecified atom stereocenters.